The molecular weight excluding hydrogens is 336 g/mol. The Balaban J connectivity index is 2.08. The third-order valence-corrected chi connectivity index (χ3v) is 4.82. The van der Waals surface area contributed by atoms with Crippen LogP contribution in [0.5, 0.6) is 23.0 Å². The highest BCUT2D eigenvalue weighted by Crippen LogP contribution is 2.43. The normalized spacial score (nSPS) is 20.0. The second-order valence-electron chi connectivity index (χ2n) is 6.34. The average molecular weight is 360 g/mol. The quantitative estimate of drug-likeness (QED) is 0.777. The highest BCUT2D eigenvalue weighted by atomic mass is 16.5. The predicted molar refractivity (Wildman–Crippen MR) is 96.2 cm³/mol. The maximum atomic E-state index is 10.2. The number of ether oxygens (including phenoxy) is 3. The van der Waals surface area contributed by atoms with Crippen LogP contribution in [0.4, 0.5) is 0 Å². The van der Waals surface area contributed by atoms with Gasteiger partial charge in [-0.1, -0.05) is 6.07 Å². The second kappa shape index (κ2) is 7.85. The van der Waals surface area contributed by atoms with Gasteiger partial charge in [0, 0.05) is 12.5 Å². The number of benzene rings is 2. The molecule has 2 aromatic carbocycles. The van der Waals surface area contributed by atoms with E-state index in [4.69, 9.17) is 14.2 Å². The topological polar surface area (TPSA) is 88.4 Å². The zero-order valence-corrected chi connectivity index (χ0v) is 14.9. The van der Waals surface area contributed by atoms with Crippen LogP contribution in [0.3, 0.4) is 0 Å². The first kappa shape index (κ1) is 18.4. The van der Waals surface area contributed by atoms with E-state index in [-0.39, 0.29) is 24.0 Å². The fraction of sp³-hybridized carbons (Fsp3) is 0.400. The number of aliphatic hydroxyl groups is 1. The Bertz CT molecular complexity index is 773. The second-order valence-corrected chi connectivity index (χ2v) is 6.34. The molecule has 6 nitrogen and oxygen atoms in total. The number of hydrogen-bond donors (Lipinski definition) is 3. The molecule has 0 bridgehead atoms. The highest BCUT2D eigenvalue weighted by molar-refractivity contribution is 5.49. The Labute approximate surface area is 152 Å². The minimum Gasteiger partial charge on any atom is -0.504 e. The van der Waals surface area contributed by atoms with Crippen molar-refractivity contribution < 1.29 is 29.5 Å². The molecule has 3 rings (SSSR count). The monoisotopic (exact) mass is 360 g/mol. The van der Waals surface area contributed by atoms with Gasteiger partial charge in [0.05, 0.1) is 26.9 Å². The molecule has 1 aliphatic heterocycles. The Kier molecular flexibility index (Phi) is 5.54. The van der Waals surface area contributed by atoms with E-state index in [9.17, 15) is 15.3 Å². The molecule has 0 spiro atoms. The van der Waals surface area contributed by atoms with E-state index in [1.54, 1.807) is 24.3 Å². The molecule has 2 atom stereocenters. The van der Waals surface area contributed by atoms with Gasteiger partial charge in [-0.15, -0.1) is 0 Å². The van der Waals surface area contributed by atoms with Crippen LogP contribution in [0.15, 0.2) is 30.3 Å². The van der Waals surface area contributed by atoms with Crippen molar-refractivity contribution in [2.45, 2.75) is 24.9 Å². The molecule has 1 aliphatic rings. The molecule has 0 saturated carbocycles. The van der Waals surface area contributed by atoms with E-state index >= 15 is 0 Å². The maximum Gasteiger partial charge on any atom is 0.160 e. The molecule has 0 unspecified atom stereocenters. The van der Waals surface area contributed by atoms with E-state index in [1.807, 2.05) is 6.07 Å². The SMILES string of the molecule is COc1cc([C@@H]2OCCCc3cc(OC)c(O)cc3[C@H]2CO)ccc1O. The number of methoxy groups -OCH3 is 2. The predicted octanol–water partition coefficient (Wildman–Crippen LogP) is 2.90. The van der Waals surface area contributed by atoms with E-state index in [2.05, 4.69) is 0 Å². The fourth-order valence-corrected chi connectivity index (χ4v) is 3.50. The van der Waals surface area contributed by atoms with Crippen LogP contribution < -0.4 is 9.47 Å². The maximum absolute atomic E-state index is 10.2. The summed E-state index contributed by atoms with van der Waals surface area (Å²) in [7, 11) is 3.00. The van der Waals surface area contributed by atoms with Gasteiger partial charge >= 0.3 is 0 Å². The zero-order chi connectivity index (χ0) is 18.7. The minimum atomic E-state index is -0.429. The van der Waals surface area contributed by atoms with Crippen molar-refractivity contribution in [3.8, 4) is 23.0 Å². The largest absolute Gasteiger partial charge is 0.504 e. The first-order chi connectivity index (χ1) is 12.6. The van der Waals surface area contributed by atoms with E-state index < -0.39 is 6.10 Å². The summed E-state index contributed by atoms with van der Waals surface area (Å²) in [5.74, 6) is 0.488. The summed E-state index contributed by atoms with van der Waals surface area (Å²) < 4.78 is 16.5. The lowest BCUT2D eigenvalue weighted by molar-refractivity contribution is 0.0130. The number of fused-ring (bicyclic) bond motifs is 1. The van der Waals surface area contributed by atoms with Gasteiger partial charge in [-0.05, 0) is 53.8 Å². The molecule has 0 saturated heterocycles. The van der Waals surface area contributed by atoms with Crippen LogP contribution in [0.1, 0.15) is 35.1 Å². The van der Waals surface area contributed by atoms with Crippen LogP contribution in [-0.4, -0.2) is 42.8 Å². The molecule has 6 heteroatoms. The Morgan fingerprint density at radius 3 is 2.46 bits per heavy atom. The standard InChI is InChI=1S/C20H24O6/c1-24-18-9-13(5-6-16(18)22)20-15(11-21)14-10-17(23)19(25-2)8-12(14)4-3-7-26-20/h5-6,8-10,15,20-23H,3-4,7,11H2,1-2H3/t15-,20+/m1/s1. The van der Waals surface area contributed by atoms with Gasteiger partial charge in [-0.2, -0.15) is 0 Å². The highest BCUT2D eigenvalue weighted by Gasteiger charge is 2.30. The lowest BCUT2D eigenvalue weighted by Crippen LogP contribution is -2.22. The van der Waals surface area contributed by atoms with Gasteiger partial charge in [0.2, 0.25) is 0 Å². The van der Waals surface area contributed by atoms with Crippen molar-refractivity contribution in [2.75, 3.05) is 27.4 Å². The Morgan fingerprint density at radius 2 is 1.77 bits per heavy atom. The molecule has 2 aromatic rings. The number of aliphatic hydroxyl groups excluding tert-OH is 1. The van der Waals surface area contributed by atoms with Crippen LogP contribution in [0.25, 0.3) is 0 Å². The van der Waals surface area contributed by atoms with Crippen molar-refractivity contribution >= 4 is 0 Å². The number of aromatic hydroxyl groups is 2. The summed E-state index contributed by atoms with van der Waals surface area (Å²) in [5.41, 5.74) is 2.65. The smallest absolute Gasteiger partial charge is 0.160 e. The van der Waals surface area contributed by atoms with Gasteiger partial charge < -0.3 is 29.5 Å². The third kappa shape index (κ3) is 3.43. The van der Waals surface area contributed by atoms with Gasteiger partial charge in [0.25, 0.3) is 0 Å². The number of hydrogen-bond acceptors (Lipinski definition) is 6. The molecule has 0 radical (unpaired) electrons. The van der Waals surface area contributed by atoms with Crippen molar-refractivity contribution in [3.63, 3.8) is 0 Å². The van der Waals surface area contributed by atoms with Crippen molar-refractivity contribution in [1.29, 1.82) is 0 Å². The molecule has 0 amide bonds. The van der Waals surface area contributed by atoms with E-state index in [1.165, 1.54) is 14.2 Å². The first-order valence-electron chi connectivity index (χ1n) is 8.58. The van der Waals surface area contributed by atoms with Crippen molar-refractivity contribution in [3.05, 3.63) is 47.0 Å². The van der Waals surface area contributed by atoms with Gasteiger partial charge in [-0.3, -0.25) is 0 Å². The summed E-state index contributed by atoms with van der Waals surface area (Å²) in [6.07, 6.45) is 1.15. The summed E-state index contributed by atoms with van der Waals surface area (Å²) >= 11 is 0. The molecular formula is C20H24O6. The lowest BCUT2D eigenvalue weighted by Gasteiger charge is -2.31. The lowest BCUT2D eigenvalue weighted by atomic mass is 9.84. The van der Waals surface area contributed by atoms with Crippen molar-refractivity contribution in [1.82, 2.24) is 0 Å². The van der Waals surface area contributed by atoms with Crippen LogP contribution >= 0.6 is 0 Å². The first-order valence-corrected chi connectivity index (χ1v) is 8.58. The fourth-order valence-electron chi connectivity index (χ4n) is 3.50. The van der Waals surface area contributed by atoms with Crippen LogP contribution in [0, 0.1) is 0 Å². The van der Waals surface area contributed by atoms with Gasteiger partial charge in [-0.25, -0.2) is 0 Å². The molecule has 0 aliphatic carbocycles. The van der Waals surface area contributed by atoms with E-state index in [0.29, 0.717) is 18.1 Å². The summed E-state index contributed by atoms with van der Waals surface area (Å²) in [6, 6.07) is 8.50. The molecule has 0 aromatic heterocycles. The Hall–Kier alpha value is -2.44. The summed E-state index contributed by atoms with van der Waals surface area (Å²) in [6.45, 7) is 0.389. The number of phenols is 2. The number of phenolic OH excluding ortho intramolecular Hbond substituents is 2. The Morgan fingerprint density at radius 1 is 1.04 bits per heavy atom. The van der Waals surface area contributed by atoms with Gasteiger partial charge in [0.1, 0.15) is 0 Å². The minimum absolute atomic E-state index is 0.0345. The molecule has 3 N–H and O–H groups in total. The third-order valence-electron chi connectivity index (χ3n) is 4.82. The zero-order valence-electron chi connectivity index (χ0n) is 14.9. The van der Waals surface area contributed by atoms with Crippen LogP contribution in [0.2, 0.25) is 0 Å². The number of rotatable bonds is 4. The van der Waals surface area contributed by atoms with E-state index in [0.717, 1.165) is 29.5 Å². The number of aryl methyl sites for hydroxylation is 1. The summed E-state index contributed by atoms with van der Waals surface area (Å²) in [4.78, 5) is 0. The van der Waals surface area contributed by atoms with Crippen LogP contribution in [-0.2, 0) is 11.2 Å². The molecule has 1 heterocycles. The summed E-state index contributed by atoms with van der Waals surface area (Å²) in [5, 5.41) is 30.2. The molecule has 26 heavy (non-hydrogen) atoms. The molecule has 0 fully saturated rings. The van der Waals surface area contributed by atoms with Crippen molar-refractivity contribution in [2.24, 2.45) is 0 Å². The molecule has 140 valence electrons. The average Bonchev–Trinajstić information content (AvgIpc) is 2.64. The van der Waals surface area contributed by atoms with Gasteiger partial charge in [0.15, 0.2) is 23.0 Å².